The van der Waals surface area contributed by atoms with E-state index in [-0.39, 0.29) is 0 Å². The zero-order valence-corrected chi connectivity index (χ0v) is 7.09. The Morgan fingerprint density at radius 3 is 2.64 bits per heavy atom. The predicted octanol–water partition coefficient (Wildman–Crippen LogP) is 2.58. The van der Waals surface area contributed by atoms with Crippen LogP contribution in [0.1, 0.15) is 35.6 Å². The first-order valence-corrected chi connectivity index (χ1v) is 4.21. The molecule has 1 aliphatic carbocycles. The summed E-state index contributed by atoms with van der Waals surface area (Å²) in [5, 5.41) is 0. The van der Waals surface area contributed by atoms with E-state index in [9.17, 15) is 0 Å². The van der Waals surface area contributed by atoms with Crippen molar-refractivity contribution in [2.24, 2.45) is 0 Å². The number of nitrogens with zero attached hydrogens (tertiary/aromatic N) is 1. The molecule has 0 aromatic carbocycles. The van der Waals surface area contributed by atoms with Gasteiger partial charge in [-0.15, -0.1) is 0 Å². The molecule has 1 aromatic heterocycles. The highest BCUT2D eigenvalue weighted by Gasteiger charge is 2.26. The zero-order chi connectivity index (χ0) is 7.84. The first-order chi connectivity index (χ1) is 5.29. The summed E-state index contributed by atoms with van der Waals surface area (Å²) in [6.07, 6.45) is 4.64. The van der Waals surface area contributed by atoms with E-state index in [1.165, 1.54) is 29.7 Å². The molecule has 1 aliphatic rings. The average molecular weight is 147 g/mol. The standard InChI is InChI=1S/C10H13N/c1-7-5-6-11-8(2)10(7)9-3-4-9/h5-6,9H,3-4H2,1-2H3. The van der Waals surface area contributed by atoms with Gasteiger partial charge in [-0.05, 0) is 49.8 Å². The first kappa shape index (κ1) is 6.84. The Hall–Kier alpha value is -0.850. The molecule has 1 fully saturated rings. The van der Waals surface area contributed by atoms with E-state index < -0.39 is 0 Å². The largest absolute Gasteiger partial charge is 0.261 e. The molecular formula is C10H13N. The third kappa shape index (κ3) is 1.15. The Balaban J connectivity index is 2.48. The van der Waals surface area contributed by atoms with Gasteiger partial charge < -0.3 is 0 Å². The topological polar surface area (TPSA) is 12.9 Å². The monoisotopic (exact) mass is 147 g/mol. The van der Waals surface area contributed by atoms with Crippen molar-refractivity contribution < 1.29 is 0 Å². The van der Waals surface area contributed by atoms with E-state index >= 15 is 0 Å². The second-order valence-electron chi connectivity index (χ2n) is 3.40. The molecule has 1 heterocycles. The Morgan fingerprint density at radius 2 is 2.09 bits per heavy atom. The molecular weight excluding hydrogens is 134 g/mol. The van der Waals surface area contributed by atoms with Crippen LogP contribution >= 0.6 is 0 Å². The normalized spacial score (nSPS) is 16.9. The maximum Gasteiger partial charge on any atom is 0.0410 e. The van der Waals surface area contributed by atoms with Gasteiger partial charge in [0.1, 0.15) is 0 Å². The van der Waals surface area contributed by atoms with Gasteiger partial charge in [-0.3, -0.25) is 4.98 Å². The number of hydrogen-bond donors (Lipinski definition) is 0. The molecule has 0 amide bonds. The first-order valence-electron chi connectivity index (χ1n) is 4.21. The van der Waals surface area contributed by atoms with E-state index in [4.69, 9.17) is 0 Å². The summed E-state index contributed by atoms with van der Waals surface area (Å²) in [5.41, 5.74) is 4.15. The zero-order valence-electron chi connectivity index (χ0n) is 7.09. The quantitative estimate of drug-likeness (QED) is 0.595. The number of pyridine rings is 1. The second kappa shape index (κ2) is 2.33. The van der Waals surface area contributed by atoms with Crippen LogP contribution in [0.15, 0.2) is 12.3 Å². The van der Waals surface area contributed by atoms with Crippen LogP contribution in [0, 0.1) is 13.8 Å². The van der Waals surface area contributed by atoms with E-state index in [0.717, 1.165) is 5.92 Å². The van der Waals surface area contributed by atoms with Gasteiger partial charge in [0.2, 0.25) is 0 Å². The second-order valence-corrected chi connectivity index (χ2v) is 3.40. The molecule has 2 rings (SSSR count). The molecule has 0 unspecified atom stereocenters. The predicted molar refractivity (Wildman–Crippen MR) is 45.7 cm³/mol. The van der Waals surface area contributed by atoms with Crippen molar-refractivity contribution in [1.82, 2.24) is 4.98 Å². The molecule has 0 atom stereocenters. The summed E-state index contributed by atoms with van der Waals surface area (Å²) in [7, 11) is 0. The minimum atomic E-state index is 0.837. The Kier molecular flexibility index (Phi) is 1.45. The van der Waals surface area contributed by atoms with E-state index in [1.54, 1.807) is 0 Å². The molecule has 1 aromatic rings. The summed E-state index contributed by atoms with van der Waals surface area (Å²) in [6, 6.07) is 2.11. The SMILES string of the molecule is Cc1ccnc(C)c1C1CC1. The van der Waals surface area contributed by atoms with Crippen LogP contribution in [0.2, 0.25) is 0 Å². The maximum absolute atomic E-state index is 4.30. The highest BCUT2D eigenvalue weighted by molar-refractivity contribution is 5.34. The molecule has 0 spiro atoms. The molecule has 0 aliphatic heterocycles. The molecule has 58 valence electrons. The highest BCUT2D eigenvalue weighted by Crippen LogP contribution is 2.42. The van der Waals surface area contributed by atoms with Crippen LogP contribution in [0.4, 0.5) is 0 Å². The fourth-order valence-electron chi connectivity index (χ4n) is 1.69. The van der Waals surface area contributed by atoms with Crippen molar-refractivity contribution >= 4 is 0 Å². The smallest absolute Gasteiger partial charge is 0.0410 e. The Morgan fingerprint density at radius 1 is 1.36 bits per heavy atom. The van der Waals surface area contributed by atoms with Gasteiger partial charge in [0, 0.05) is 11.9 Å². The van der Waals surface area contributed by atoms with Crippen LogP contribution in [0.3, 0.4) is 0 Å². The van der Waals surface area contributed by atoms with Gasteiger partial charge in [-0.25, -0.2) is 0 Å². The summed E-state index contributed by atoms with van der Waals surface area (Å²) in [6.45, 7) is 4.29. The Labute approximate surface area is 67.5 Å². The van der Waals surface area contributed by atoms with E-state index in [2.05, 4.69) is 24.9 Å². The molecule has 0 saturated heterocycles. The lowest BCUT2D eigenvalue weighted by Gasteiger charge is -2.05. The fourth-order valence-corrected chi connectivity index (χ4v) is 1.69. The van der Waals surface area contributed by atoms with E-state index in [1.807, 2.05) is 6.20 Å². The van der Waals surface area contributed by atoms with Crippen molar-refractivity contribution in [3.63, 3.8) is 0 Å². The third-order valence-electron chi connectivity index (χ3n) is 2.39. The third-order valence-corrected chi connectivity index (χ3v) is 2.39. The molecule has 1 saturated carbocycles. The van der Waals surface area contributed by atoms with Crippen LogP contribution in [0.5, 0.6) is 0 Å². The lowest BCUT2D eigenvalue weighted by Crippen LogP contribution is -1.92. The number of aryl methyl sites for hydroxylation is 2. The number of aromatic nitrogens is 1. The Bertz CT molecular complexity index is 254. The summed E-state index contributed by atoms with van der Waals surface area (Å²) < 4.78 is 0. The minimum absolute atomic E-state index is 0.837. The van der Waals surface area contributed by atoms with Crippen molar-refractivity contribution in [2.45, 2.75) is 32.6 Å². The van der Waals surface area contributed by atoms with Gasteiger partial charge in [0.15, 0.2) is 0 Å². The van der Waals surface area contributed by atoms with Crippen LogP contribution < -0.4 is 0 Å². The highest BCUT2D eigenvalue weighted by atomic mass is 14.7. The van der Waals surface area contributed by atoms with Crippen molar-refractivity contribution in [3.8, 4) is 0 Å². The lowest BCUT2D eigenvalue weighted by atomic mass is 10.0. The van der Waals surface area contributed by atoms with Gasteiger partial charge >= 0.3 is 0 Å². The summed E-state index contributed by atoms with van der Waals surface area (Å²) >= 11 is 0. The average Bonchev–Trinajstić information content (AvgIpc) is 2.70. The number of hydrogen-bond acceptors (Lipinski definition) is 1. The van der Waals surface area contributed by atoms with Crippen LogP contribution in [0.25, 0.3) is 0 Å². The maximum atomic E-state index is 4.30. The summed E-state index contributed by atoms with van der Waals surface area (Å²) in [4.78, 5) is 4.30. The van der Waals surface area contributed by atoms with Crippen molar-refractivity contribution in [1.29, 1.82) is 0 Å². The van der Waals surface area contributed by atoms with Gasteiger partial charge in [-0.2, -0.15) is 0 Å². The molecule has 0 radical (unpaired) electrons. The molecule has 0 N–H and O–H groups in total. The van der Waals surface area contributed by atoms with Crippen molar-refractivity contribution in [2.75, 3.05) is 0 Å². The van der Waals surface area contributed by atoms with Crippen molar-refractivity contribution in [3.05, 3.63) is 29.1 Å². The fraction of sp³-hybridized carbons (Fsp3) is 0.500. The molecule has 11 heavy (non-hydrogen) atoms. The lowest BCUT2D eigenvalue weighted by molar-refractivity contribution is 1.01. The van der Waals surface area contributed by atoms with Crippen LogP contribution in [-0.2, 0) is 0 Å². The van der Waals surface area contributed by atoms with Crippen LogP contribution in [-0.4, -0.2) is 4.98 Å². The minimum Gasteiger partial charge on any atom is -0.261 e. The van der Waals surface area contributed by atoms with E-state index in [0.29, 0.717) is 0 Å². The summed E-state index contributed by atoms with van der Waals surface area (Å²) in [5.74, 6) is 0.837. The van der Waals surface area contributed by atoms with Gasteiger partial charge in [-0.1, -0.05) is 0 Å². The number of rotatable bonds is 1. The molecule has 1 nitrogen and oxygen atoms in total. The van der Waals surface area contributed by atoms with Gasteiger partial charge in [0.05, 0.1) is 0 Å². The molecule has 0 bridgehead atoms. The molecule has 1 heteroatoms. The van der Waals surface area contributed by atoms with Gasteiger partial charge in [0.25, 0.3) is 0 Å².